The van der Waals surface area contributed by atoms with E-state index >= 15 is 0 Å². The van der Waals surface area contributed by atoms with Gasteiger partial charge in [0, 0.05) is 12.2 Å². The predicted octanol–water partition coefficient (Wildman–Crippen LogP) is 3.94. The highest BCUT2D eigenvalue weighted by Gasteiger charge is 2.53. The molecule has 0 spiro atoms. The Bertz CT molecular complexity index is 538. The number of carbonyl (C=O) groups excluding carboxylic acids is 1. The number of nitrogens with one attached hydrogen (secondary N) is 1. The molecule has 0 saturated heterocycles. The Morgan fingerprint density at radius 2 is 1.82 bits per heavy atom. The molecule has 122 valence electrons. The fourth-order valence-corrected chi connectivity index (χ4v) is 4.91. The molecule has 0 aliphatic heterocycles. The van der Waals surface area contributed by atoms with Gasteiger partial charge < -0.3 is 5.32 Å². The van der Waals surface area contributed by atoms with Gasteiger partial charge in [-0.2, -0.15) is 5.10 Å². The van der Waals surface area contributed by atoms with Gasteiger partial charge in [-0.05, 0) is 30.1 Å². The summed E-state index contributed by atoms with van der Waals surface area (Å²) in [6, 6.07) is 0.706. The first-order valence-electron chi connectivity index (χ1n) is 8.65. The van der Waals surface area contributed by atoms with Crippen molar-refractivity contribution in [3.05, 3.63) is 18.0 Å². The first-order valence-corrected chi connectivity index (χ1v) is 8.65. The Morgan fingerprint density at radius 1 is 1.18 bits per heavy atom. The van der Waals surface area contributed by atoms with Gasteiger partial charge in [-0.3, -0.25) is 9.48 Å². The van der Waals surface area contributed by atoms with Crippen molar-refractivity contribution in [2.24, 2.45) is 10.8 Å². The first-order chi connectivity index (χ1) is 10.3. The summed E-state index contributed by atoms with van der Waals surface area (Å²) < 4.78 is 2.01. The van der Waals surface area contributed by atoms with Crippen LogP contribution in [-0.4, -0.2) is 21.7 Å². The summed E-state index contributed by atoms with van der Waals surface area (Å²) in [5, 5.41) is 7.68. The Balaban J connectivity index is 1.67. The van der Waals surface area contributed by atoms with Crippen LogP contribution in [0.2, 0.25) is 0 Å². The van der Waals surface area contributed by atoms with Crippen LogP contribution in [-0.2, 0) is 0 Å². The number of hydrogen-bond donors (Lipinski definition) is 1. The topological polar surface area (TPSA) is 46.9 Å². The van der Waals surface area contributed by atoms with Crippen LogP contribution in [0.4, 0.5) is 0 Å². The SMILES string of the molecule is CC1(C)CC(C)(C)C1NC(=O)c1cnn(C2CCCCC2)c1. The van der Waals surface area contributed by atoms with Crippen molar-refractivity contribution in [3.8, 4) is 0 Å². The third-order valence-corrected chi connectivity index (χ3v) is 5.56. The van der Waals surface area contributed by atoms with Crippen LogP contribution in [0.1, 0.15) is 82.6 Å². The summed E-state index contributed by atoms with van der Waals surface area (Å²) in [6.45, 7) is 8.92. The molecule has 1 N–H and O–H groups in total. The van der Waals surface area contributed by atoms with E-state index in [1.54, 1.807) is 6.20 Å². The van der Waals surface area contributed by atoms with E-state index in [9.17, 15) is 4.79 Å². The van der Waals surface area contributed by atoms with E-state index in [1.807, 2.05) is 10.9 Å². The van der Waals surface area contributed by atoms with E-state index in [0.717, 1.165) is 6.42 Å². The fourth-order valence-electron chi connectivity index (χ4n) is 4.91. The average molecular weight is 303 g/mol. The number of carbonyl (C=O) groups is 1. The van der Waals surface area contributed by atoms with Crippen LogP contribution in [0, 0.1) is 10.8 Å². The van der Waals surface area contributed by atoms with E-state index in [0.29, 0.717) is 11.6 Å². The van der Waals surface area contributed by atoms with Crippen molar-refractivity contribution >= 4 is 5.91 Å². The highest BCUT2D eigenvalue weighted by atomic mass is 16.1. The summed E-state index contributed by atoms with van der Waals surface area (Å²) in [5.41, 5.74) is 1.06. The summed E-state index contributed by atoms with van der Waals surface area (Å²) >= 11 is 0. The Hall–Kier alpha value is -1.32. The minimum atomic E-state index is 0.0212. The van der Waals surface area contributed by atoms with Gasteiger partial charge in [-0.15, -0.1) is 0 Å². The lowest BCUT2D eigenvalue weighted by atomic mass is 9.52. The Morgan fingerprint density at radius 3 is 2.41 bits per heavy atom. The normalized spacial score (nSPS) is 24.7. The van der Waals surface area contributed by atoms with Crippen LogP contribution in [0.5, 0.6) is 0 Å². The highest BCUT2D eigenvalue weighted by molar-refractivity contribution is 5.94. The molecule has 1 amide bonds. The monoisotopic (exact) mass is 303 g/mol. The largest absolute Gasteiger partial charge is 0.348 e. The molecule has 2 aliphatic rings. The van der Waals surface area contributed by atoms with Gasteiger partial charge in [0.2, 0.25) is 0 Å². The van der Waals surface area contributed by atoms with Crippen LogP contribution < -0.4 is 5.32 Å². The molecule has 1 heterocycles. The molecular weight excluding hydrogens is 274 g/mol. The number of rotatable bonds is 3. The zero-order valence-electron chi connectivity index (χ0n) is 14.4. The molecule has 0 bridgehead atoms. The van der Waals surface area contributed by atoms with E-state index in [4.69, 9.17) is 0 Å². The molecule has 2 aliphatic carbocycles. The highest BCUT2D eigenvalue weighted by Crippen LogP contribution is 2.53. The second-order valence-corrected chi connectivity index (χ2v) is 8.56. The fraction of sp³-hybridized carbons (Fsp3) is 0.778. The number of aromatic nitrogens is 2. The molecule has 22 heavy (non-hydrogen) atoms. The molecule has 4 heteroatoms. The molecule has 2 saturated carbocycles. The molecule has 2 fully saturated rings. The maximum atomic E-state index is 12.6. The van der Waals surface area contributed by atoms with Gasteiger partial charge in [0.25, 0.3) is 5.91 Å². The summed E-state index contributed by atoms with van der Waals surface area (Å²) in [5.74, 6) is 0.0212. The molecule has 0 radical (unpaired) electrons. The second kappa shape index (κ2) is 5.39. The van der Waals surface area contributed by atoms with E-state index in [1.165, 1.54) is 32.1 Å². The van der Waals surface area contributed by atoms with Gasteiger partial charge in [0.1, 0.15) is 0 Å². The summed E-state index contributed by atoms with van der Waals surface area (Å²) in [4.78, 5) is 12.6. The molecule has 0 atom stereocenters. The average Bonchev–Trinajstić information content (AvgIpc) is 2.94. The Labute approximate surface area is 133 Å². The zero-order chi connectivity index (χ0) is 16.0. The molecule has 0 aromatic carbocycles. The van der Waals surface area contributed by atoms with E-state index in [-0.39, 0.29) is 22.8 Å². The molecule has 1 aromatic heterocycles. The summed E-state index contributed by atoms with van der Waals surface area (Å²) in [7, 11) is 0. The van der Waals surface area contributed by atoms with Crippen molar-refractivity contribution in [2.45, 2.75) is 78.3 Å². The smallest absolute Gasteiger partial charge is 0.254 e. The number of nitrogens with zero attached hydrogens (tertiary/aromatic N) is 2. The van der Waals surface area contributed by atoms with Crippen LogP contribution in [0.25, 0.3) is 0 Å². The minimum absolute atomic E-state index is 0.0212. The van der Waals surface area contributed by atoms with E-state index in [2.05, 4.69) is 38.1 Å². The molecule has 1 aromatic rings. The van der Waals surface area contributed by atoms with E-state index < -0.39 is 0 Å². The van der Waals surface area contributed by atoms with Crippen LogP contribution in [0.3, 0.4) is 0 Å². The lowest BCUT2D eigenvalue weighted by Crippen LogP contribution is -2.63. The van der Waals surface area contributed by atoms with Crippen molar-refractivity contribution in [1.29, 1.82) is 0 Å². The van der Waals surface area contributed by atoms with Gasteiger partial charge in [0.05, 0.1) is 17.8 Å². The molecule has 3 rings (SSSR count). The molecule has 0 unspecified atom stereocenters. The van der Waals surface area contributed by atoms with Gasteiger partial charge >= 0.3 is 0 Å². The van der Waals surface area contributed by atoms with Crippen LogP contribution >= 0.6 is 0 Å². The van der Waals surface area contributed by atoms with Crippen LogP contribution in [0.15, 0.2) is 12.4 Å². The van der Waals surface area contributed by atoms with Crippen molar-refractivity contribution < 1.29 is 4.79 Å². The third-order valence-electron chi connectivity index (χ3n) is 5.56. The minimum Gasteiger partial charge on any atom is -0.348 e. The van der Waals surface area contributed by atoms with Gasteiger partial charge in [-0.25, -0.2) is 0 Å². The van der Waals surface area contributed by atoms with Gasteiger partial charge in [-0.1, -0.05) is 47.0 Å². The zero-order valence-corrected chi connectivity index (χ0v) is 14.4. The van der Waals surface area contributed by atoms with Crippen molar-refractivity contribution in [2.75, 3.05) is 0 Å². The quantitative estimate of drug-likeness (QED) is 0.919. The molecular formula is C18H29N3O. The summed E-state index contributed by atoms with van der Waals surface area (Å²) in [6.07, 6.45) is 11.1. The first kappa shape index (κ1) is 15.6. The lowest BCUT2D eigenvalue weighted by Gasteiger charge is -2.57. The standard InChI is InChI=1S/C18H29N3O/c1-17(2)12-18(3,4)16(17)20-15(22)13-10-19-21(11-13)14-8-6-5-7-9-14/h10-11,14,16H,5-9,12H2,1-4H3,(H,20,22). The lowest BCUT2D eigenvalue weighted by molar-refractivity contribution is -0.0366. The maximum Gasteiger partial charge on any atom is 0.254 e. The molecule has 4 nitrogen and oxygen atoms in total. The number of amides is 1. The second-order valence-electron chi connectivity index (χ2n) is 8.56. The Kier molecular flexibility index (Phi) is 3.82. The predicted molar refractivity (Wildman–Crippen MR) is 87.8 cm³/mol. The van der Waals surface area contributed by atoms with Gasteiger partial charge in [0.15, 0.2) is 0 Å². The number of hydrogen-bond acceptors (Lipinski definition) is 2. The van der Waals surface area contributed by atoms with Crippen molar-refractivity contribution in [1.82, 2.24) is 15.1 Å². The van der Waals surface area contributed by atoms with Crippen molar-refractivity contribution in [3.63, 3.8) is 0 Å². The maximum absolute atomic E-state index is 12.6. The third kappa shape index (κ3) is 2.80.